The normalized spacial score (nSPS) is 10.4. The molecule has 0 spiro atoms. The fourth-order valence-electron chi connectivity index (χ4n) is 1.63. The summed E-state index contributed by atoms with van der Waals surface area (Å²) in [6, 6.07) is 12.0. The van der Waals surface area contributed by atoms with Gasteiger partial charge in [-0.25, -0.2) is 0 Å². The molecule has 4 heteroatoms. The van der Waals surface area contributed by atoms with Crippen LogP contribution in [0.1, 0.15) is 11.3 Å². The molecule has 0 unspecified atom stereocenters. The van der Waals surface area contributed by atoms with E-state index in [2.05, 4.69) is 32.3 Å². The molecular formula is C15H17BrN2O. The summed E-state index contributed by atoms with van der Waals surface area (Å²) in [5, 5.41) is 3.33. The Hall–Kier alpha value is -1.39. The van der Waals surface area contributed by atoms with E-state index >= 15 is 0 Å². The van der Waals surface area contributed by atoms with Crippen LogP contribution in [0.3, 0.4) is 0 Å². The topological polar surface area (TPSA) is 34.1 Å². The first kappa shape index (κ1) is 14.0. The van der Waals surface area contributed by atoms with Crippen LogP contribution in [-0.2, 0) is 6.54 Å². The average Bonchev–Trinajstić information content (AvgIpc) is 2.41. The molecule has 1 N–H and O–H groups in total. The molecule has 1 aromatic carbocycles. The minimum absolute atomic E-state index is 0.649. The molecule has 1 aromatic heterocycles. The third-order valence-electron chi connectivity index (χ3n) is 2.65. The van der Waals surface area contributed by atoms with Crippen molar-refractivity contribution in [3.05, 3.63) is 58.3 Å². The number of nitrogens with one attached hydrogen (secondary N) is 1. The lowest BCUT2D eigenvalue weighted by atomic mass is 10.2. The molecule has 0 aliphatic heterocycles. The third kappa shape index (κ3) is 5.01. The van der Waals surface area contributed by atoms with E-state index in [1.165, 1.54) is 5.56 Å². The number of halogens is 1. The largest absolute Gasteiger partial charge is 0.492 e. The highest BCUT2D eigenvalue weighted by Gasteiger charge is 1.96. The quantitative estimate of drug-likeness (QED) is 0.829. The van der Waals surface area contributed by atoms with Crippen LogP contribution in [-0.4, -0.2) is 18.1 Å². The Morgan fingerprint density at radius 1 is 1.26 bits per heavy atom. The number of aryl methyl sites for hydroxylation is 1. The summed E-state index contributed by atoms with van der Waals surface area (Å²) in [5.41, 5.74) is 2.23. The zero-order chi connectivity index (χ0) is 13.5. The Bertz CT molecular complexity index is 514. The van der Waals surface area contributed by atoms with Crippen LogP contribution in [0, 0.1) is 6.92 Å². The smallest absolute Gasteiger partial charge is 0.120 e. The molecule has 2 rings (SSSR count). The van der Waals surface area contributed by atoms with Crippen molar-refractivity contribution in [1.29, 1.82) is 0 Å². The van der Waals surface area contributed by atoms with Gasteiger partial charge < -0.3 is 10.1 Å². The van der Waals surface area contributed by atoms with Crippen LogP contribution in [0.25, 0.3) is 0 Å². The molecule has 1 heterocycles. The van der Waals surface area contributed by atoms with Gasteiger partial charge in [-0.2, -0.15) is 0 Å². The Kier molecular flexibility index (Phi) is 5.36. The molecule has 0 fully saturated rings. The average molecular weight is 321 g/mol. The molecule has 0 aliphatic carbocycles. The summed E-state index contributed by atoms with van der Waals surface area (Å²) in [6.45, 7) is 4.26. The van der Waals surface area contributed by atoms with Crippen molar-refractivity contribution < 1.29 is 4.74 Å². The summed E-state index contributed by atoms with van der Waals surface area (Å²) in [6.07, 6.45) is 1.90. The zero-order valence-electron chi connectivity index (χ0n) is 10.9. The van der Waals surface area contributed by atoms with Gasteiger partial charge in [0.2, 0.25) is 0 Å². The number of ether oxygens (including phenoxy) is 1. The highest BCUT2D eigenvalue weighted by atomic mass is 79.9. The Morgan fingerprint density at radius 2 is 2.16 bits per heavy atom. The zero-order valence-corrected chi connectivity index (χ0v) is 12.5. The van der Waals surface area contributed by atoms with Gasteiger partial charge in [0.15, 0.2) is 0 Å². The lowest BCUT2D eigenvalue weighted by Gasteiger charge is -2.08. The van der Waals surface area contributed by atoms with Gasteiger partial charge in [-0.1, -0.05) is 28.1 Å². The van der Waals surface area contributed by atoms with Crippen LogP contribution in [0.2, 0.25) is 0 Å². The number of aromatic nitrogens is 1. The number of pyridine rings is 1. The monoisotopic (exact) mass is 320 g/mol. The maximum atomic E-state index is 5.64. The third-order valence-corrected chi connectivity index (χ3v) is 3.14. The minimum Gasteiger partial charge on any atom is -0.492 e. The molecule has 2 aromatic rings. The van der Waals surface area contributed by atoms with Gasteiger partial charge in [0.1, 0.15) is 12.4 Å². The first-order valence-corrected chi connectivity index (χ1v) is 7.04. The fraction of sp³-hybridized carbons (Fsp3) is 0.267. The van der Waals surface area contributed by atoms with E-state index in [0.29, 0.717) is 6.61 Å². The SMILES string of the molecule is Cc1ccc(CNCCOc2cccc(Br)c2)cn1. The van der Waals surface area contributed by atoms with Crippen molar-refractivity contribution in [1.82, 2.24) is 10.3 Å². The Labute approximate surface area is 122 Å². The maximum absolute atomic E-state index is 5.64. The van der Waals surface area contributed by atoms with Crippen LogP contribution in [0.4, 0.5) is 0 Å². The van der Waals surface area contributed by atoms with Gasteiger partial charge in [-0.3, -0.25) is 4.98 Å². The molecule has 0 aliphatic rings. The van der Waals surface area contributed by atoms with Gasteiger partial charge in [-0.15, -0.1) is 0 Å². The summed E-state index contributed by atoms with van der Waals surface area (Å²) >= 11 is 3.42. The second-order valence-electron chi connectivity index (χ2n) is 4.29. The molecule has 0 saturated heterocycles. The van der Waals surface area contributed by atoms with E-state index in [-0.39, 0.29) is 0 Å². The molecule has 19 heavy (non-hydrogen) atoms. The number of hydrogen-bond donors (Lipinski definition) is 1. The summed E-state index contributed by atoms with van der Waals surface area (Å²) < 4.78 is 6.67. The van der Waals surface area contributed by atoms with E-state index in [1.54, 1.807) is 0 Å². The minimum atomic E-state index is 0.649. The predicted octanol–water partition coefficient (Wildman–Crippen LogP) is 3.32. The Morgan fingerprint density at radius 3 is 2.89 bits per heavy atom. The van der Waals surface area contributed by atoms with Gasteiger partial charge in [0.25, 0.3) is 0 Å². The van der Waals surface area contributed by atoms with E-state index in [1.807, 2.05) is 43.5 Å². The van der Waals surface area contributed by atoms with E-state index in [4.69, 9.17) is 4.74 Å². The van der Waals surface area contributed by atoms with Crippen LogP contribution >= 0.6 is 15.9 Å². The second kappa shape index (κ2) is 7.26. The Balaban J connectivity index is 1.66. The number of rotatable bonds is 6. The van der Waals surface area contributed by atoms with Gasteiger partial charge in [-0.05, 0) is 36.8 Å². The molecule has 0 saturated carbocycles. The number of benzene rings is 1. The molecule has 0 amide bonds. The van der Waals surface area contributed by atoms with Crippen LogP contribution in [0.15, 0.2) is 47.1 Å². The van der Waals surface area contributed by atoms with Gasteiger partial charge in [0, 0.05) is 29.5 Å². The van der Waals surface area contributed by atoms with E-state index in [0.717, 1.165) is 29.0 Å². The molecular weight excluding hydrogens is 304 g/mol. The molecule has 0 bridgehead atoms. The highest BCUT2D eigenvalue weighted by Crippen LogP contribution is 2.17. The van der Waals surface area contributed by atoms with Crippen molar-refractivity contribution in [2.24, 2.45) is 0 Å². The first-order chi connectivity index (χ1) is 9.24. The molecule has 100 valence electrons. The fourth-order valence-corrected chi connectivity index (χ4v) is 2.01. The van der Waals surface area contributed by atoms with E-state index in [9.17, 15) is 0 Å². The maximum Gasteiger partial charge on any atom is 0.120 e. The summed E-state index contributed by atoms with van der Waals surface area (Å²) in [5.74, 6) is 0.883. The first-order valence-electron chi connectivity index (χ1n) is 6.24. The van der Waals surface area contributed by atoms with Crippen molar-refractivity contribution in [3.8, 4) is 5.75 Å². The number of nitrogens with zero attached hydrogens (tertiary/aromatic N) is 1. The molecule has 0 radical (unpaired) electrons. The van der Waals surface area contributed by atoms with E-state index < -0.39 is 0 Å². The standard InChI is InChI=1S/C15H17BrN2O/c1-12-5-6-13(11-18-12)10-17-7-8-19-15-4-2-3-14(16)9-15/h2-6,9,11,17H,7-8,10H2,1H3. The van der Waals surface area contributed by atoms with Crippen molar-refractivity contribution in [2.45, 2.75) is 13.5 Å². The summed E-state index contributed by atoms with van der Waals surface area (Å²) in [4.78, 5) is 4.26. The summed E-state index contributed by atoms with van der Waals surface area (Å²) in [7, 11) is 0. The highest BCUT2D eigenvalue weighted by molar-refractivity contribution is 9.10. The predicted molar refractivity (Wildman–Crippen MR) is 80.3 cm³/mol. The van der Waals surface area contributed by atoms with Gasteiger partial charge >= 0.3 is 0 Å². The van der Waals surface area contributed by atoms with Crippen molar-refractivity contribution >= 4 is 15.9 Å². The van der Waals surface area contributed by atoms with Crippen molar-refractivity contribution in [2.75, 3.05) is 13.2 Å². The van der Waals surface area contributed by atoms with Crippen LogP contribution in [0.5, 0.6) is 5.75 Å². The van der Waals surface area contributed by atoms with Crippen LogP contribution < -0.4 is 10.1 Å². The second-order valence-corrected chi connectivity index (χ2v) is 5.21. The number of hydrogen-bond acceptors (Lipinski definition) is 3. The lowest BCUT2D eigenvalue weighted by molar-refractivity contribution is 0.313. The lowest BCUT2D eigenvalue weighted by Crippen LogP contribution is -2.20. The molecule has 0 atom stereocenters. The van der Waals surface area contributed by atoms with Crippen molar-refractivity contribution in [3.63, 3.8) is 0 Å². The molecule has 3 nitrogen and oxygen atoms in total. The van der Waals surface area contributed by atoms with Gasteiger partial charge in [0.05, 0.1) is 0 Å².